The molecule has 0 bridgehead atoms. The summed E-state index contributed by atoms with van der Waals surface area (Å²) in [6.07, 6.45) is 1.65. The average molecular weight is 225 g/mol. The van der Waals surface area contributed by atoms with Crippen molar-refractivity contribution in [1.82, 2.24) is 9.97 Å². The highest BCUT2D eigenvalue weighted by atomic mass is 15.1. The van der Waals surface area contributed by atoms with E-state index in [1.807, 2.05) is 18.2 Å². The van der Waals surface area contributed by atoms with Gasteiger partial charge >= 0.3 is 0 Å². The lowest BCUT2D eigenvalue weighted by Crippen LogP contribution is -2.00. The molecule has 84 valence electrons. The monoisotopic (exact) mass is 225 g/mol. The predicted molar refractivity (Wildman–Crippen MR) is 66.0 cm³/mol. The van der Waals surface area contributed by atoms with Crippen LogP contribution in [0.25, 0.3) is 0 Å². The lowest BCUT2D eigenvalue weighted by molar-refractivity contribution is 1.15. The summed E-state index contributed by atoms with van der Waals surface area (Å²) in [6.45, 7) is 0. The van der Waals surface area contributed by atoms with Crippen LogP contribution in [0.5, 0.6) is 0 Å². The first-order valence-electron chi connectivity index (χ1n) is 5.10. The van der Waals surface area contributed by atoms with Gasteiger partial charge < -0.3 is 10.6 Å². The Morgan fingerprint density at radius 2 is 2.06 bits per heavy atom. The van der Waals surface area contributed by atoms with Gasteiger partial charge in [-0.15, -0.1) is 0 Å². The minimum Gasteiger partial charge on any atom is -0.357 e. The van der Waals surface area contributed by atoms with Gasteiger partial charge in [-0.1, -0.05) is 12.1 Å². The Labute approximate surface area is 99.1 Å². The van der Waals surface area contributed by atoms with Crippen LogP contribution in [-0.2, 0) is 0 Å². The summed E-state index contributed by atoms with van der Waals surface area (Å²) in [4.78, 5) is 8.23. The van der Waals surface area contributed by atoms with Gasteiger partial charge in [0.1, 0.15) is 11.9 Å². The molecule has 0 radical (unpaired) electrons. The molecule has 5 nitrogen and oxygen atoms in total. The molecule has 1 heterocycles. The summed E-state index contributed by atoms with van der Waals surface area (Å²) in [5.74, 6) is 1.18. The standard InChI is InChI=1S/C12H11N5/c1-14-12-15-7-6-11(17-12)16-10-5-3-2-4-9(10)8-13/h2-7H,1H3,(H2,14,15,16,17). The van der Waals surface area contributed by atoms with E-state index in [1.165, 1.54) is 0 Å². The van der Waals surface area contributed by atoms with E-state index in [2.05, 4.69) is 26.7 Å². The van der Waals surface area contributed by atoms with Gasteiger partial charge in [0.2, 0.25) is 5.95 Å². The molecule has 2 rings (SSSR count). The minimum absolute atomic E-state index is 0.532. The Morgan fingerprint density at radius 1 is 1.24 bits per heavy atom. The van der Waals surface area contributed by atoms with E-state index < -0.39 is 0 Å². The van der Waals surface area contributed by atoms with E-state index in [-0.39, 0.29) is 0 Å². The van der Waals surface area contributed by atoms with E-state index in [4.69, 9.17) is 5.26 Å². The second kappa shape index (κ2) is 4.94. The Kier molecular flexibility index (Phi) is 3.17. The predicted octanol–water partition coefficient (Wildman–Crippen LogP) is 2.13. The van der Waals surface area contributed by atoms with Crippen molar-refractivity contribution >= 4 is 17.5 Å². The number of benzene rings is 1. The molecule has 0 aliphatic heterocycles. The van der Waals surface area contributed by atoms with E-state index in [0.717, 1.165) is 5.69 Å². The number of nitrogens with one attached hydrogen (secondary N) is 2. The fourth-order valence-electron chi connectivity index (χ4n) is 1.38. The highest BCUT2D eigenvalue weighted by molar-refractivity contribution is 5.64. The molecule has 17 heavy (non-hydrogen) atoms. The Hall–Kier alpha value is -2.61. The van der Waals surface area contributed by atoms with Crippen molar-refractivity contribution in [3.8, 4) is 6.07 Å². The third-order valence-corrected chi connectivity index (χ3v) is 2.19. The number of para-hydroxylation sites is 1. The van der Waals surface area contributed by atoms with Crippen molar-refractivity contribution in [3.63, 3.8) is 0 Å². The van der Waals surface area contributed by atoms with Gasteiger partial charge in [-0.05, 0) is 18.2 Å². The van der Waals surface area contributed by atoms with Crippen molar-refractivity contribution in [3.05, 3.63) is 42.1 Å². The number of rotatable bonds is 3. The van der Waals surface area contributed by atoms with E-state index in [9.17, 15) is 0 Å². The normalized spacial score (nSPS) is 9.41. The summed E-state index contributed by atoms with van der Waals surface area (Å²) >= 11 is 0. The summed E-state index contributed by atoms with van der Waals surface area (Å²) in [5.41, 5.74) is 1.31. The van der Waals surface area contributed by atoms with Gasteiger partial charge in [-0.3, -0.25) is 0 Å². The largest absolute Gasteiger partial charge is 0.357 e. The summed E-state index contributed by atoms with van der Waals surface area (Å²) < 4.78 is 0. The van der Waals surface area contributed by atoms with Crippen LogP contribution in [0, 0.1) is 11.3 Å². The molecule has 0 aliphatic rings. The van der Waals surface area contributed by atoms with Gasteiger partial charge in [0.25, 0.3) is 0 Å². The number of nitriles is 1. The molecule has 0 amide bonds. The van der Waals surface area contributed by atoms with Crippen molar-refractivity contribution < 1.29 is 0 Å². The SMILES string of the molecule is CNc1nccc(Nc2ccccc2C#N)n1. The molecule has 1 aromatic heterocycles. The zero-order valence-corrected chi connectivity index (χ0v) is 9.31. The quantitative estimate of drug-likeness (QED) is 0.837. The Balaban J connectivity index is 2.28. The maximum atomic E-state index is 8.96. The van der Waals surface area contributed by atoms with Gasteiger partial charge in [0.05, 0.1) is 11.3 Å². The van der Waals surface area contributed by atoms with Crippen LogP contribution >= 0.6 is 0 Å². The van der Waals surface area contributed by atoms with E-state index >= 15 is 0 Å². The second-order valence-corrected chi connectivity index (χ2v) is 3.30. The number of anilines is 3. The topological polar surface area (TPSA) is 73.6 Å². The highest BCUT2D eigenvalue weighted by Gasteiger charge is 2.02. The molecule has 0 unspecified atom stereocenters. The van der Waals surface area contributed by atoms with Crippen LogP contribution in [-0.4, -0.2) is 17.0 Å². The molecule has 0 aliphatic carbocycles. The van der Waals surface area contributed by atoms with Crippen molar-refractivity contribution in [2.24, 2.45) is 0 Å². The fourth-order valence-corrected chi connectivity index (χ4v) is 1.38. The molecule has 0 atom stereocenters. The molecule has 2 N–H and O–H groups in total. The summed E-state index contributed by atoms with van der Waals surface area (Å²) in [6, 6.07) is 11.1. The third-order valence-electron chi connectivity index (χ3n) is 2.19. The van der Waals surface area contributed by atoms with Crippen LogP contribution in [0.1, 0.15) is 5.56 Å². The van der Waals surface area contributed by atoms with Crippen molar-refractivity contribution in [2.45, 2.75) is 0 Å². The lowest BCUT2D eigenvalue weighted by Gasteiger charge is -2.07. The molecule has 0 saturated heterocycles. The van der Waals surface area contributed by atoms with Crippen LogP contribution in [0.3, 0.4) is 0 Å². The molecule has 0 spiro atoms. The first kappa shape index (κ1) is 10.9. The number of aromatic nitrogens is 2. The summed E-state index contributed by atoms with van der Waals surface area (Å²) in [5, 5.41) is 14.9. The molecule has 2 aromatic rings. The van der Waals surface area contributed by atoms with Crippen LogP contribution in [0.2, 0.25) is 0 Å². The molecular formula is C12H11N5. The number of hydrogen-bond donors (Lipinski definition) is 2. The van der Waals surface area contributed by atoms with E-state index in [1.54, 1.807) is 25.4 Å². The Bertz CT molecular complexity index is 559. The third kappa shape index (κ3) is 2.49. The second-order valence-electron chi connectivity index (χ2n) is 3.30. The van der Waals surface area contributed by atoms with Crippen molar-refractivity contribution in [1.29, 1.82) is 5.26 Å². The maximum Gasteiger partial charge on any atom is 0.224 e. The van der Waals surface area contributed by atoms with Crippen LogP contribution in [0.4, 0.5) is 17.5 Å². The van der Waals surface area contributed by atoms with Gasteiger partial charge in [-0.2, -0.15) is 10.2 Å². The first-order valence-corrected chi connectivity index (χ1v) is 5.10. The molecule has 1 aromatic carbocycles. The van der Waals surface area contributed by atoms with Gasteiger partial charge in [0, 0.05) is 13.2 Å². The van der Waals surface area contributed by atoms with E-state index in [0.29, 0.717) is 17.3 Å². The fraction of sp³-hybridized carbons (Fsp3) is 0.0833. The van der Waals surface area contributed by atoms with Gasteiger partial charge in [0.15, 0.2) is 0 Å². The molecule has 5 heteroatoms. The molecular weight excluding hydrogens is 214 g/mol. The lowest BCUT2D eigenvalue weighted by atomic mass is 10.2. The summed E-state index contributed by atoms with van der Waals surface area (Å²) in [7, 11) is 1.75. The van der Waals surface area contributed by atoms with Crippen LogP contribution in [0.15, 0.2) is 36.5 Å². The zero-order valence-electron chi connectivity index (χ0n) is 9.31. The minimum atomic E-state index is 0.532. The smallest absolute Gasteiger partial charge is 0.224 e. The Morgan fingerprint density at radius 3 is 2.82 bits per heavy atom. The van der Waals surface area contributed by atoms with Crippen molar-refractivity contribution in [2.75, 3.05) is 17.7 Å². The average Bonchev–Trinajstić information content (AvgIpc) is 2.39. The molecule has 0 fully saturated rings. The first-order chi connectivity index (χ1) is 8.33. The molecule has 0 saturated carbocycles. The van der Waals surface area contributed by atoms with Crippen LogP contribution < -0.4 is 10.6 Å². The number of hydrogen-bond acceptors (Lipinski definition) is 5. The maximum absolute atomic E-state index is 8.96. The van der Waals surface area contributed by atoms with Gasteiger partial charge in [-0.25, -0.2) is 4.98 Å². The zero-order chi connectivity index (χ0) is 12.1. The highest BCUT2D eigenvalue weighted by Crippen LogP contribution is 2.18. The number of nitrogens with zero attached hydrogens (tertiary/aromatic N) is 3.